The number of aromatic nitrogens is 1. The summed E-state index contributed by atoms with van der Waals surface area (Å²) < 4.78 is 5.87. The number of ether oxygens (including phenoxy) is 1. The van der Waals surface area contributed by atoms with Gasteiger partial charge in [0.15, 0.2) is 5.82 Å². The highest BCUT2D eigenvalue weighted by molar-refractivity contribution is 6.36. The second-order valence-corrected chi connectivity index (χ2v) is 6.41. The molecule has 0 saturated carbocycles. The van der Waals surface area contributed by atoms with Gasteiger partial charge in [0.05, 0.1) is 5.02 Å². The Kier molecular flexibility index (Phi) is 4.61. The maximum Gasteiger partial charge on any atom is 0.240 e. The Morgan fingerprint density at radius 2 is 1.81 bits per heavy atom. The van der Waals surface area contributed by atoms with Crippen molar-refractivity contribution in [2.45, 2.75) is 26.2 Å². The molecule has 6 heteroatoms. The first-order chi connectivity index (χ1) is 9.82. The molecule has 0 bridgehead atoms. The number of rotatable bonds is 3. The number of hydrazine groups is 1. The number of anilines is 1. The smallest absolute Gasteiger partial charge is 0.240 e. The van der Waals surface area contributed by atoms with Crippen LogP contribution in [-0.4, -0.2) is 4.98 Å². The molecule has 0 aliphatic carbocycles. The zero-order valence-electron chi connectivity index (χ0n) is 12.1. The molecule has 0 spiro atoms. The van der Waals surface area contributed by atoms with Crippen molar-refractivity contribution in [2.75, 3.05) is 5.43 Å². The van der Waals surface area contributed by atoms with Crippen molar-refractivity contribution in [1.29, 1.82) is 0 Å². The monoisotopic (exact) mass is 325 g/mol. The lowest BCUT2D eigenvalue weighted by molar-refractivity contribution is 0.440. The van der Waals surface area contributed by atoms with Gasteiger partial charge in [-0.15, -0.1) is 0 Å². The van der Waals surface area contributed by atoms with Gasteiger partial charge in [-0.2, -0.15) is 4.98 Å². The summed E-state index contributed by atoms with van der Waals surface area (Å²) in [7, 11) is 0. The van der Waals surface area contributed by atoms with Crippen LogP contribution in [0, 0.1) is 0 Å². The van der Waals surface area contributed by atoms with Gasteiger partial charge in [0.2, 0.25) is 5.88 Å². The highest BCUT2D eigenvalue weighted by Crippen LogP contribution is 2.37. The molecule has 1 aromatic heterocycles. The standard InChI is InChI=1S/C15H17Cl2N3O/c1-15(2,3)9-6-4-5-7-12(9)21-14-11(17)8-10(16)13(19-14)20-18/h4-8H,18H2,1-3H3,(H,19,20). The molecule has 3 N–H and O–H groups in total. The van der Waals surface area contributed by atoms with Gasteiger partial charge in [-0.05, 0) is 17.5 Å². The molecule has 0 saturated heterocycles. The van der Waals surface area contributed by atoms with E-state index in [1.807, 2.05) is 24.3 Å². The van der Waals surface area contributed by atoms with Crippen LogP contribution in [0.4, 0.5) is 5.82 Å². The Hall–Kier alpha value is -1.49. The van der Waals surface area contributed by atoms with E-state index in [0.29, 0.717) is 21.6 Å². The van der Waals surface area contributed by atoms with Crippen LogP contribution < -0.4 is 16.0 Å². The average molecular weight is 326 g/mol. The zero-order valence-corrected chi connectivity index (χ0v) is 13.6. The van der Waals surface area contributed by atoms with Crippen molar-refractivity contribution in [3.63, 3.8) is 0 Å². The summed E-state index contributed by atoms with van der Waals surface area (Å²) in [6.07, 6.45) is 0. The summed E-state index contributed by atoms with van der Waals surface area (Å²) in [6.45, 7) is 6.33. The molecule has 21 heavy (non-hydrogen) atoms. The van der Waals surface area contributed by atoms with Crippen LogP contribution in [0.25, 0.3) is 0 Å². The molecule has 0 aliphatic rings. The lowest BCUT2D eigenvalue weighted by atomic mass is 9.86. The second kappa shape index (κ2) is 6.10. The number of benzene rings is 1. The number of halogens is 2. The fraction of sp³-hybridized carbons (Fsp3) is 0.267. The molecule has 1 heterocycles. The summed E-state index contributed by atoms with van der Waals surface area (Å²) in [5, 5.41) is 0.654. The van der Waals surface area contributed by atoms with Crippen LogP contribution in [0.3, 0.4) is 0 Å². The molecule has 0 amide bonds. The molecule has 0 atom stereocenters. The molecular weight excluding hydrogens is 309 g/mol. The maximum atomic E-state index is 6.13. The van der Waals surface area contributed by atoms with Crippen molar-refractivity contribution in [3.05, 3.63) is 45.9 Å². The van der Waals surface area contributed by atoms with E-state index >= 15 is 0 Å². The van der Waals surface area contributed by atoms with E-state index in [-0.39, 0.29) is 11.3 Å². The number of nitrogens with one attached hydrogen (secondary N) is 1. The molecule has 1 aromatic carbocycles. The predicted octanol–water partition coefficient (Wildman–Crippen LogP) is 4.76. The lowest BCUT2D eigenvalue weighted by Gasteiger charge is -2.22. The fourth-order valence-electron chi connectivity index (χ4n) is 1.90. The third-order valence-corrected chi connectivity index (χ3v) is 3.49. The van der Waals surface area contributed by atoms with Crippen LogP contribution in [0.2, 0.25) is 10.0 Å². The molecule has 4 nitrogen and oxygen atoms in total. The van der Waals surface area contributed by atoms with E-state index < -0.39 is 0 Å². The van der Waals surface area contributed by atoms with Crippen LogP contribution >= 0.6 is 23.2 Å². The Morgan fingerprint density at radius 3 is 2.43 bits per heavy atom. The number of nitrogens with zero attached hydrogens (tertiary/aromatic N) is 1. The third-order valence-electron chi connectivity index (χ3n) is 2.94. The molecule has 0 fully saturated rings. The number of hydrogen-bond donors (Lipinski definition) is 2. The molecule has 112 valence electrons. The van der Waals surface area contributed by atoms with Crippen LogP contribution in [0.5, 0.6) is 11.6 Å². The minimum Gasteiger partial charge on any atom is -0.437 e. The van der Waals surface area contributed by atoms with Crippen molar-refractivity contribution < 1.29 is 4.74 Å². The number of nitrogens with two attached hydrogens (primary N) is 1. The average Bonchev–Trinajstić information content (AvgIpc) is 2.41. The minimum absolute atomic E-state index is 0.0650. The number of pyridine rings is 1. The summed E-state index contributed by atoms with van der Waals surface area (Å²) >= 11 is 12.1. The van der Waals surface area contributed by atoms with Gasteiger partial charge < -0.3 is 10.2 Å². The molecule has 0 unspecified atom stereocenters. The minimum atomic E-state index is -0.0650. The van der Waals surface area contributed by atoms with Crippen molar-refractivity contribution in [1.82, 2.24) is 4.98 Å². The van der Waals surface area contributed by atoms with Crippen molar-refractivity contribution in [3.8, 4) is 11.6 Å². The Balaban J connectivity index is 2.44. The van der Waals surface area contributed by atoms with Gasteiger partial charge in [-0.3, -0.25) is 0 Å². The van der Waals surface area contributed by atoms with E-state index in [9.17, 15) is 0 Å². The van der Waals surface area contributed by atoms with E-state index in [1.54, 1.807) is 6.07 Å². The highest BCUT2D eigenvalue weighted by Gasteiger charge is 2.20. The first-order valence-electron chi connectivity index (χ1n) is 6.43. The summed E-state index contributed by atoms with van der Waals surface area (Å²) in [5.74, 6) is 6.63. The number of nitrogen functional groups attached to an aromatic ring is 1. The zero-order chi connectivity index (χ0) is 15.6. The summed E-state index contributed by atoms with van der Waals surface area (Å²) in [6, 6.07) is 9.30. The van der Waals surface area contributed by atoms with Crippen molar-refractivity contribution >= 4 is 29.0 Å². The van der Waals surface area contributed by atoms with Gasteiger partial charge >= 0.3 is 0 Å². The fourth-order valence-corrected chi connectivity index (χ4v) is 2.35. The van der Waals surface area contributed by atoms with E-state index in [0.717, 1.165) is 5.56 Å². The van der Waals surface area contributed by atoms with Crippen LogP contribution in [0.15, 0.2) is 30.3 Å². The van der Waals surface area contributed by atoms with Gasteiger partial charge in [-0.25, -0.2) is 5.84 Å². The molecule has 2 rings (SSSR count). The van der Waals surface area contributed by atoms with Gasteiger partial charge in [0.25, 0.3) is 0 Å². The maximum absolute atomic E-state index is 6.13. The third kappa shape index (κ3) is 3.59. The van der Waals surface area contributed by atoms with Gasteiger partial charge in [-0.1, -0.05) is 62.2 Å². The number of para-hydroxylation sites is 1. The molecular formula is C15H17Cl2N3O. The van der Waals surface area contributed by atoms with Crippen molar-refractivity contribution in [2.24, 2.45) is 5.84 Å². The number of hydrogen-bond acceptors (Lipinski definition) is 4. The van der Waals surface area contributed by atoms with E-state index in [2.05, 4.69) is 31.2 Å². The summed E-state index contributed by atoms with van der Waals surface area (Å²) in [5.41, 5.74) is 3.40. The summed E-state index contributed by atoms with van der Waals surface area (Å²) in [4.78, 5) is 4.19. The van der Waals surface area contributed by atoms with Crippen LogP contribution in [-0.2, 0) is 5.41 Å². The Labute approximate surface area is 134 Å². The Morgan fingerprint density at radius 1 is 1.14 bits per heavy atom. The Bertz CT molecular complexity index is 654. The first-order valence-corrected chi connectivity index (χ1v) is 7.18. The topological polar surface area (TPSA) is 60.2 Å². The van der Waals surface area contributed by atoms with Crippen LogP contribution in [0.1, 0.15) is 26.3 Å². The second-order valence-electron chi connectivity index (χ2n) is 5.60. The lowest BCUT2D eigenvalue weighted by Crippen LogP contribution is -2.13. The molecule has 0 aliphatic heterocycles. The van der Waals surface area contributed by atoms with E-state index in [1.165, 1.54) is 0 Å². The van der Waals surface area contributed by atoms with E-state index in [4.69, 9.17) is 33.8 Å². The first kappa shape index (κ1) is 15.9. The normalized spacial score (nSPS) is 11.3. The van der Waals surface area contributed by atoms with Gasteiger partial charge in [0.1, 0.15) is 10.8 Å². The quantitative estimate of drug-likeness (QED) is 0.630. The highest BCUT2D eigenvalue weighted by atomic mass is 35.5. The largest absolute Gasteiger partial charge is 0.437 e. The SMILES string of the molecule is CC(C)(C)c1ccccc1Oc1nc(NN)c(Cl)cc1Cl. The predicted molar refractivity (Wildman–Crippen MR) is 87.3 cm³/mol. The molecule has 0 radical (unpaired) electrons. The molecule has 2 aromatic rings. The van der Waals surface area contributed by atoms with Gasteiger partial charge in [0, 0.05) is 5.56 Å².